The fourth-order valence-electron chi connectivity index (χ4n) is 2.69. The lowest BCUT2D eigenvalue weighted by Crippen LogP contribution is -2.20. The maximum atomic E-state index is 14.1. The molecule has 3 rings (SSSR count). The Morgan fingerprint density at radius 1 is 1.25 bits per heavy atom. The van der Waals surface area contributed by atoms with E-state index in [1.807, 2.05) is 24.3 Å². The van der Waals surface area contributed by atoms with Gasteiger partial charge in [-0.15, -0.1) is 0 Å². The van der Waals surface area contributed by atoms with Crippen LogP contribution in [0.4, 0.5) is 15.8 Å². The van der Waals surface area contributed by atoms with Crippen molar-refractivity contribution in [3.05, 3.63) is 58.9 Å². The number of benzene rings is 2. The standard InChI is InChI=1S/C16H14FN3/c17-16-11(9-18)3-1-4-12(16)10-20-8-7-13-14(19)5-2-6-15(13)20/h1-6H,7-8,10,19H2. The molecule has 0 atom stereocenters. The first-order valence-corrected chi connectivity index (χ1v) is 6.50. The van der Waals surface area contributed by atoms with E-state index in [2.05, 4.69) is 4.90 Å². The summed E-state index contributed by atoms with van der Waals surface area (Å²) in [5.41, 5.74) is 9.57. The van der Waals surface area contributed by atoms with Crippen molar-refractivity contribution >= 4 is 11.4 Å². The van der Waals surface area contributed by atoms with Gasteiger partial charge in [0.2, 0.25) is 0 Å². The summed E-state index contributed by atoms with van der Waals surface area (Å²) in [5.74, 6) is -0.424. The second-order valence-electron chi connectivity index (χ2n) is 4.91. The van der Waals surface area contributed by atoms with Crippen LogP contribution in [0.25, 0.3) is 0 Å². The van der Waals surface area contributed by atoms with Gasteiger partial charge in [0.15, 0.2) is 0 Å². The van der Waals surface area contributed by atoms with Crippen LogP contribution in [0.15, 0.2) is 36.4 Å². The van der Waals surface area contributed by atoms with E-state index in [-0.39, 0.29) is 5.56 Å². The van der Waals surface area contributed by atoms with Gasteiger partial charge in [0.25, 0.3) is 0 Å². The topological polar surface area (TPSA) is 53.0 Å². The number of nitrogens with zero attached hydrogens (tertiary/aromatic N) is 2. The lowest BCUT2D eigenvalue weighted by atomic mass is 10.1. The third kappa shape index (κ3) is 1.97. The number of nitriles is 1. The van der Waals surface area contributed by atoms with Crippen molar-refractivity contribution in [3.63, 3.8) is 0 Å². The average molecular weight is 267 g/mol. The molecule has 2 aromatic rings. The second-order valence-corrected chi connectivity index (χ2v) is 4.91. The van der Waals surface area contributed by atoms with E-state index in [1.54, 1.807) is 12.1 Å². The van der Waals surface area contributed by atoms with Gasteiger partial charge in [-0.25, -0.2) is 4.39 Å². The van der Waals surface area contributed by atoms with Gasteiger partial charge >= 0.3 is 0 Å². The predicted octanol–water partition coefficient (Wildman–Crippen LogP) is 2.84. The minimum absolute atomic E-state index is 0.0921. The second kappa shape index (κ2) is 4.86. The van der Waals surface area contributed by atoms with E-state index in [0.29, 0.717) is 12.1 Å². The van der Waals surface area contributed by atoms with Crippen LogP contribution >= 0.6 is 0 Å². The molecule has 0 fully saturated rings. The Morgan fingerprint density at radius 3 is 2.85 bits per heavy atom. The molecule has 1 aliphatic heterocycles. The SMILES string of the molecule is N#Cc1cccc(CN2CCc3c(N)cccc32)c1F. The summed E-state index contributed by atoms with van der Waals surface area (Å²) in [7, 11) is 0. The molecule has 0 unspecified atom stereocenters. The third-order valence-corrected chi connectivity index (χ3v) is 3.72. The van der Waals surface area contributed by atoms with E-state index in [9.17, 15) is 4.39 Å². The first kappa shape index (κ1) is 12.5. The average Bonchev–Trinajstić information content (AvgIpc) is 2.86. The van der Waals surface area contributed by atoms with E-state index in [0.717, 1.165) is 29.9 Å². The normalized spacial score (nSPS) is 13.1. The number of halogens is 1. The van der Waals surface area contributed by atoms with E-state index >= 15 is 0 Å². The highest BCUT2D eigenvalue weighted by Gasteiger charge is 2.22. The van der Waals surface area contributed by atoms with E-state index in [4.69, 9.17) is 11.0 Å². The highest BCUT2D eigenvalue weighted by Crippen LogP contribution is 2.33. The highest BCUT2D eigenvalue weighted by atomic mass is 19.1. The van der Waals surface area contributed by atoms with Crippen LogP contribution in [-0.2, 0) is 13.0 Å². The fourth-order valence-corrected chi connectivity index (χ4v) is 2.69. The molecular weight excluding hydrogens is 253 g/mol. The van der Waals surface area contributed by atoms with E-state index < -0.39 is 5.82 Å². The molecule has 4 heteroatoms. The number of nitrogen functional groups attached to an aromatic ring is 1. The van der Waals surface area contributed by atoms with Gasteiger partial charge in [0.1, 0.15) is 11.9 Å². The highest BCUT2D eigenvalue weighted by molar-refractivity contribution is 5.68. The molecule has 2 aromatic carbocycles. The van der Waals surface area contributed by atoms with Gasteiger partial charge < -0.3 is 10.6 Å². The summed E-state index contributed by atoms with van der Waals surface area (Å²) in [5, 5.41) is 8.88. The van der Waals surface area contributed by atoms with Crippen LogP contribution in [0.3, 0.4) is 0 Å². The van der Waals surface area contributed by atoms with Gasteiger partial charge in [0.05, 0.1) is 5.56 Å². The van der Waals surface area contributed by atoms with Crippen molar-refractivity contribution in [1.82, 2.24) is 0 Å². The molecule has 2 N–H and O–H groups in total. The van der Waals surface area contributed by atoms with Gasteiger partial charge in [-0.05, 0) is 24.6 Å². The van der Waals surface area contributed by atoms with Crippen molar-refractivity contribution in [2.75, 3.05) is 17.2 Å². The van der Waals surface area contributed by atoms with Crippen molar-refractivity contribution in [2.45, 2.75) is 13.0 Å². The fraction of sp³-hybridized carbons (Fsp3) is 0.188. The number of fused-ring (bicyclic) bond motifs is 1. The van der Waals surface area contributed by atoms with Crippen molar-refractivity contribution in [3.8, 4) is 6.07 Å². The molecule has 0 saturated carbocycles. The largest absolute Gasteiger partial charge is 0.398 e. The molecule has 0 saturated heterocycles. The number of hydrogen-bond donors (Lipinski definition) is 1. The smallest absolute Gasteiger partial charge is 0.145 e. The molecule has 0 aliphatic carbocycles. The van der Waals surface area contributed by atoms with Crippen LogP contribution in [-0.4, -0.2) is 6.54 Å². The summed E-state index contributed by atoms with van der Waals surface area (Å²) < 4.78 is 14.1. The van der Waals surface area contributed by atoms with Gasteiger partial charge in [0, 0.05) is 35.6 Å². The lowest BCUT2D eigenvalue weighted by molar-refractivity contribution is 0.602. The number of anilines is 2. The van der Waals surface area contributed by atoms with Crippen molar-refractivity contribution < 1.29 is 4.39 Å². The molecule has 20 heavy (non-hydrogen) atoms. The zero-order chi connectivity index (χ0) is 14.1. The maximum Gasteiger partial charge on any atom is 0.145 e. The van der Waals surface area contributed by atoms with Crippen LogP contribution in [0.1, 0.15) is 16.7 Å². The number of hydrogen-bond acceptors (Lipinski definition) is 3. The Bertz CT molecular complexity index is 703. The zero-order valence-electron chi connectivity index (χ0n) is 10.9. The minimum atomic E-state index is -0.424. The Labute approximate surface area is 117 Å². The predicted molar refractivity (Wildman–Crippen MR) is 76.7 cm³/mol. The molecular formula is C16H14FN3. The summed E-state index contributed by atoms with van der Waals surface area (Å²) in [4.78, 5) is 2.10. The lowest BCUT2D eigenvalue weighted by Gasteiger charge is -2.20. The molecule has 0 radical (unpaired) electrons. The molecule has 1 heterocycles. The van der Waals surface area contributed by atoms with E-state index in [1.165, 1.54) is 6.07 Å². The van der Waals surface area contributed by atoms with Crippen LogP contribution in [0, 0.1) is 17.1 Å². The Morgan fingerprint density at radius 2 is 2.05 bits per heavy atom. The Kier molecular flexibility index (Phi) is 3.03. The summed E-state index contributed by atoms with van der Waals surface area (Å²) in [6.45, 7) is 1.28. The molecule has 0 aromatic heterocycles. The monoisotopic (exact) mass is 267 g/mol. The van der Waals surface area contributed by atoms with Gasteiger partial charge in [-0.3, -0.25) is 0 Å². The number of rotatable bonds is 2. The molecule has 0 bridgehead atoms. The molecule has 0 spiro atoms. The molecule has 3 nitrogen and oxygen atoms in total. The molecule has 100 valence electrons. The molecule has 1 aliphatic rings. The number of nitrogens with two attached hydrogens (primary N) is 1. The van der Waals surface area contributed by atoms with Crippen molar-refractivity contribution in [2.24, 2.45) is 0 Å². The summed E-state index contributed by atoms with van der Waals surface area (Å²) in [6, 6.07) is 12.6. The summed E-state index contributed by atoms with van der Waals surface area (Å²) >= 11 is 0. The van der Waals surface area contributed by atoms with Gasteiger partial charge in [-0.2, -0.15) is 5.26 Å². The Hall–Kier alpha value is -2.54. The van der Waals surface area contributed by atoms with Crippen LogP contribution in [0.5, 0.6) is 0 Å². The first-order valence-electron chi connectivity index (χ1n) is 6.50. The third-order valence-electron chi connectivity index (χ3n) is 3.72. The molecule has 0 amide bonds. The van der Waals surface area contributed by atoms with Crippen molar-refractivity contribution in [1.29, 1.82) is 5.26 Å². The Balaban J connectivity index is 1.92. The zero-order valence-corrected chi connectivity index (χ0v) is 10.9. The minimum Gasteiger partial charge on any atom is -0.398 e. The maximum absolute atomic E-state index is 14.1. The summed E-state index contributed by atoms with van der Waals surface area (Å²) in [6.07, 6.45) is 0.877. The van der Waals surface area contributed by atoms with Crippen LogP contribution < -0.4 is 10.6 Å². The van der Waals surface area contributed by atoms with Crippen LogP contribution in [0.2, 0.25) is 0 Å². The first-order chi connectivity index (χ1) is 9.70. The van der Waals surface area contributed by atoms with Gasteiger partial charge in [-0.1, -0.05) is 18.2 Å². The quantitative estimate of drug-likeness (QED) is 0.851.